The Morgan fingerprint density at radius 1 is 0.414 bits per heavy atom. The third-order valence-corrected chi connectivity index (χ3v) is 6.02. The van der Waals surface area contributed by atoms with E-state index < -0.39 is 7.51 Å². The largest absolute Gasteiger partial charge is 0.672 e. The maximum atomic E-state index is 4.99. The Hall–Kier alpha value is -3.49. The third-order valence-electron chi connectivity index (χ3n) is 4.02. The van der Waals surface area contributed by atoms with Crippen molar-refractivity contribution in [3.05, 3.63) is 137 Å². The van der Waals surface area contributed by atoms with Crippen molar-refractivity contribution < 1.29 is 0 Å². The Balaban J connectivity index is 1.84. The lowest BCUT2D eigenvalue weighted by Gasteiger charge is -2.63. The molecule has 0 spiro atoms. The standard InChI is InChI=1S/C24H20N4P/c1-5-13-21(14-6-1)25-29(26-22-15-7-2-8-16-22,27-23-17-9-3-10-18-23)28-24-19-11-4-12-20-24/h1-20H/q-3. The predicted molar refractivity (Wildman–Crippen MR) is 124 cm³/mol. The number of hydrogen-bond acceptors (Lipinski definition) is 1. The SMILES string of the molecule is c1ccc(N=P([N-]c2ccccc2)([N-]c2ccccc2)[N-]c2ccccc2)cc1. The van der Waals surface area contributed by atoms with Gasteiger partial charge in [0.25, 0.3) is 0 Å². The van der Waals surface area contributed by atoms with Crippen molar-refractivity contribution in [2.75, 3.05) is 0 Å². The summed E-state index contributed by atoms with van der Waals surface area (Å²) in [4.78, 5) is 0. The molecule has 0 aliphatic heterocycles. The highest BCUT2D eigenvalue weighted by atomic mass is 31.2. The topological polar surface area (TPSA) is 54.7 Å². The zero-order valence-corrected chi connectivity index (χ0v) is 16.7. The summed E-state index contributed by atoms with van der Waals surface area (Å²) in [5, 5.41) is 15.0. The van der Waals surface area contributed by atoms with E-state index in [0.717, 1.165) is 22.7 Å². The first-order valence-electron chi connectivity index (χ1n) is 9.34. The highest BCUT2D eigenvalue weighted by Crippen LogP contribution is 2.74. The summed E-state index contributed by atoms with van der Waals surface area (Å²) >= 11 is 0. The molecule has 0 aliphatic rings. The molecule has 0 saturated heterocycles. The Bertz CT molecular complexity index is 961. The third kappa shape index (κ3) is 5.28. The van der Waals surface area contributed by atoms with Crippen molar-refractivity contribution in [3.63, 3.8) is 0 Å². The molecular formula is C24H20N4P-3. The molecular weight excluding hydrogens is 375 g/mol. The molecule has 0 bridgehead atoms. The van der Waals surface area contributed by atoms with E-state index in [1.54, 1.807) is 0 Å². The monoisotopic (exact) mass is 395 g/mol. The Labute approximate surface area is 171 Å². The maximum absolute atomic E-state index is 4.99. The molecule has 0 N–H and O–H groups in total. The molecule has 0 aromatic heterocycles. The van der Waals surface area contributed by atoms with Gasteiger partial charge in [-0.05, 0) is 12.1 Å². The van der Waals surface area contributed by atoms with Crippen molar-refractivity contribution >= 4 is 30.3 Å². The summed E-state index contributed by atoms with van der Waals surface area (Å²) in [6.07, 6.45) is 0. The highest BCUT2D eigenvalue weighted by Gasteiger charge is 1.93. The zero-order chi connectivity index (χ0) is 19.8. The van der Waals surface area contributed by atoms with E-state index in [1.165, 1.54) is 0 Å². The first-order chi connectivity index (χ1) is 14.3. The summed E-state index contributed by atoms with van der Waals surface area (Å²) in [6, 6.07) is 39.2. The minimum absolute atomic E-state index is 0.805. The second-order valence-corrected chi connectivity index (χ2v) is 8.15. The van der Waals surface area contributed by atoms with E-state index in [0.29, 0.717) is 0 Å². The van der Waals surface area contributed by atoms with Crippen LogP contribution in [0.2, 0.25) is 0 Å². The van der Waals surface area contributed by atoms with Gasteiger partial charge in [0.2, 0.25) is 0 Å². The smallest absolute Gasteiger partial charge is 0.0564 e. The van der Waals surface area contributed by atoms with E-state index in [9.17, 15) is 0 Å². The van der Waals surface area contributed by atoms with Crippen LogP contribution < -0.4 is 0 Å². The molecule has 4 aromatic carbocycles. The fraction of sp³-hybridized carbons (Fsp3) is 0. The first kappa shape index (κ1) is 18.9. The Kier molecular flexibility index (Phi) is 5.94. The minimum atomic E-state index is -2.88. The van der Waals surface area contributed by atoms with E-state index >= 15 is 0 Å². The maximum Gasteiger partial charge on any atom is 0.0564 e. The average Bonchev–Trinajstić information content (AvgIpc) is 2.76. The second kappa shape index (κ2) is 9.13. The molecule has 0 aliphatic carbocycles. The van der Waals surface area contributed by atoms with Gasteiger partial charge in [-0.2, -0.15) is 0 Å². The van der Waals surface area contributed by atoms with Crippen LogP contribution in [-0.2, 0) is 0 Å². The van der Waals surface area contributed by atoms with Crippen LogP contribution in [0, 0.1) is 0 Å². The van der Waals surface area contributed by atoms with Gasteiger partial charge < -0.3 is 20.0 Å². The van der Waals surface area contributed by atoms with Gasteiger partial charge in [0.05, 0.1) is 5.69 Å². The highest BCUT2D eigenvalue weighted by molar-refractivity contribution is 7.75. The molecule has 0 fully saturated rings. The van der Waals surface area contributed by atoms with Crippen molar-refractivity contribution in [3.8, 4) is 0 Å². The van der Waals surface area contributed by atoms with Gasteiger partial charge in [0, 0.05) is 0 Å². The van der Waals surface area contributed by atoms with E-state index in [1.807, 2.05) is 121 Å². The van der Waals surface area contributed by atoms with Crippen LogP contribution in [0.3, 0.4) is 0 Å². The summed E-state index contributed by atoms with van der Waals surface area (Å²) in [5.41, 5.74) is 3.22. The molecule has 0 unspecified atom stereocenters. The van der Waals surface area contributed by atoms with Crippen LogP contribution in [0.5, 0.6) is 0 Å². The van der Waals surface area contributed by atoms with Crippen molar-refractivity contribution in [2.24, 2.45) is 4.74 Å². The molecule has 0 atom stereocenters. The fourth-order valence-electron chi connectivity index (χ4n) is 2.73. The van der Waals surface area contributed by atoms with Crippen LogP contribution in [0.15, 0.2) is 126 Å². The van der Waals surface area contributed by atoms with Crippen LogP contribution >= 0.6 is 7.51 Å². The van der Waals surface area contributed by atoms with E-state index in [-0.39, 0.29) is 0 Å². The number of nitrogens with zero attached hydrogens (tertiary/aromatic N) is 4. The lowest BCUT2D eigenvalue weighted by atomic mass is 10.3. The predicted octanol–water partition coefficient (Wildman–Crippen LogP) is 9.38. The van der Waals surface area contributed by atoms with Crippen LogP contribution in [0.4, 0.5) is 22.7 Å². The summed E-state index contributed by atoms with van der Waals surface area (Å²) in [6.45, 7) is 0. The van der Waals surface area contributed by atoms with Crippen LogP contribution in [0.25, 0.3) is 15.3 Å². The van der Waals surface area contributed by atoms with Gasteiger partial charge >= 0.3 is 0 Å². The Morgan fingerprint density at radius 3 is 1.07 bits per heavy atom. The average molecular weight is 395 g/mol. The molecule has 0 heterocycles. The van der Waals surface area contributed by atoms with Crippen LogP contribution in [-0.4, -0.2) is 0 Å². The summed E-state index contributed by atoms with van der Waals surface area (Å²) in [7, 11) is -2.88. The van der Waals surface area contributed by atoms with Crippen molar-refractivity contribution in [2.45, 2.75) is 0 Å². The van der Waals surface area contributed by atoms with E-state index in [4.69, 9.17) is 20.0 Å². The summed E-state index contributed by atoms with van der Waals surface area (Å²) in [5.74, 6) is 0. The molecule has 5 heteroatoms. The zero-order valence-electron chi connectivity index (χ0n) is 15.8. The van der Waals surface area contributed by atoms with Gasteiger partial charge in [0.1, 0.15) is 0 Å². The van der Waals surface area contributed by atoms with Gasteiger partial charge in [-0.15, -0.1) is 17.1 Å². The second-order valence-electron chi connectivity index (χ2n) is 6.28. The summed E-state index contributed by atoms with van der Waals surface area (Å²) < 4.78 is 4.99. The van der Waals surface area contributed by atoms with Crippen LogP contribution in [0.1, 0.15) is 0 Å². The normalized spacial score (nSPS) is 10.8. The van der Waals surface area contributed by atoms with Gasteiger partial charge in [-0.25, -0.2) is 0 Å². The minimum Gasteiger partial charge on any atom is -0.672 e. The molecule has 0 saturated carbocycles. The fourth-order valence-corrected chi connectivity index (χ4v) is 4.77. The molecule has 4 rings (SSSR count). The van der Waals surface area contributed by atoms with Gasteiger partial charge in [-0.1, -0.05) is 109 Å². The number of benzene rings is 4. The molecule has 144 valence electrons. The van der Waals surface area contributed by atoms with E-state index in [2.05, 4.69) is 0 Å². The molecule has 4 aromatic rings. The number of rotatable bonds is 7. The quantitative estimate of drug-likeness (QED) is 0.280. The van der Waals surface area contributed by atoms with Gasteiger partial charge in [-0.3, -0.25) is 7.51 Å². The molecule has 0 amide bonds. The van der Waals surface area contributed by atoms with Crippen molar-refractivity contribution in [1.82, 2.24) is 0 Å². The molecule has 0 radical (unpaired) electrons. The Morgan fingerprint density at radius 2 is 0.724 bits per heavy atom. The van der Waals surface area contributed by atoms with Crippen molar-refractivity contribution in [1.29, 1.82) is 0 Å². The first-order valence-corrected chi connectivity index (χ1v) is 10.9. The number of hydrogen-bond donors (Lipinski definition) is 0. The lowest BCUT2D eigenvalue weighted by Crippen LogP contribution is -1.80. The molecule has 4 nitrogen and oxygen atoms in total. The van der Waals surface area contributed by atoms with Gasteiger partial charge in [0.15, 0.2) is 0 Å². The molecule has 29 heavy (non-hydrogen) atoms. The lowest BCUT2D eigenvalue weighted by molar-refractivity contribution is 1.54.